The maximum atomic E-state index is 12.8. The lowest BCUT2D eigenvalue weighted by molar-refractivity contribution is 0.112. The molecule has 0 N–H and O–H groups in total. The molecule has 1 aromatic heterocycles. The van der Waals surface area contributed by atoms with E-state index in [1.165, 1.54) is 23.5 Å². The van der Waals surface area contributed by atoms with Crippen molar-refractivity contribution in [2.45, 2.75) is 0 Å². The van der Waals surface area contributed by atoms with E-state index in [2.05, 4.69) is 0 Å². The van der Waals surface area contributed by atoms with Crippen LogP contribution < -0.4 is 0 Å². The lowest BCUT2D eigenvalue weighted by Crippen LogP contribution is -1.83. The standard InChI is InChI=1S/C11H6ClFOS/c12-10-5-7(13)1-2-8(10)9-3-4-15-11(9)6-14/h1-6H. The quantitative estimate of drug-likeness (QED) is 0.725. The van der Waals surface area contributed by atoms with Gasteiger partial charge in [0.1, 0.15) is 5.82 Å². The van der Waals surface area contributed by atoms with Gasteiger partial charge >= 0.3 is 0 Å². The lowest BCUT2D eigenvalue weighted by atomic mass is 10.1. The summed E-state index contributed by atoms with van der Waals surface area (Å²) in [6.45, 7) is 0. The number of aldehydes is 1. The van der Waals surface area contributed by atoms with Crippen molar-refractivity contribution in [1.29, 1.82) is 0 Å². The molecule has 0 aliphatic carbocycles. The highest BCUT2D eigenvalue weighted by molar-refractivity contribution is 7.12. The van der Waals surface area contributed by atoms with Crippen LogP contribution in [-0.4, -0.2) is 6.29 Å². The Morgan fingerprint density at radius 1 is 1.27 bits per heavy atom. The molecular weight excluding hydrogens is 235 g/mol. The zero-order valence-corrected chi connectivity index (χ0v) is 9.11. The predicted molar refractivity (Wildman–Crippen MR) is 60.1 cm³/mol. The van der Waals surface area contributed by atoms with Crippen molar-refractivity contribution >= 4 is 29.2 Å². The minimum absolute atomic E-state index is 0.316. The van der Waals surface area contributed by atoms with Gasteiger partial charge in [-0.15, -0.1) is 11.3 Å². The van der Waals surface area contributed by atoms with Gasteiger partial charge in [-0.2, -0.15) is 0 Å². The van der Waals surface area contributed by atoms with Crippen LogP contribution in [0.5, 0.6) is 0 Å². The van der Waals surface area contributed by atoms with Crippen molar-refractivity contribution in [3.05, 3.63) is 45.4 Å². The average Bonchev–Trinajstić information content (AvgIpc) is 2.65. The molecule has 0 amide bonds. The molecule has 0 unspecified atom stereocenters. The number of carbonyl (C=O) groups is 1. The first-order valence-corrected chi connectivity index (χ1v) is 5.46. The fraction of sp³-hybridized carbons (Fsp3) is 0. The summed E-state index contributed by atoms with van der Waals surface area (Å²) in [5.41, 5.74) is 1.43. The highest BCUT2D eigenvalue weighted by Gasteiger charge is 2.09. The molecule has 76 valence electrons. The van der Waals surface area contributed by atoms with E-state index in [0.29, 0.717) is 15.5 Å². The minimum atomic E-state index is -0.383. The Morgan fingerprint density at radius 3 is 2.73 bits per heavy atom. The van der Waals surface area contributed by atoms with Crippen LogP contribution in [0.1, 0.15) is 9.67 Å². The third-order valence-corrected chi connectivity index (χ3v) is 3.18. The van der Waals surface area contributed by atoms with Gasteiger partial charge in [0.2, 0.25) is 0 Å². The van der Waals surface area contributed by atoms with Crippen LogP contribution >= 0.6 is 22.9 Å². The highest BCUT2D eigenvalue weighted by atomic mass is 35.5. The number of halogens is 2. The van der Waals surface area contributed by atoms with E-state index < -0.39 is 0 Å². The molecule has 0 bridgehead atoms. The highest BCUT2D eigenvalue weighted by Crippen LogP contribution is 2.32. The van der Waals surface area contributed by atoms with E-state index in [0.717, 1.165) is 11.8 Å². The lowest BCUT2D eigenvalue weighted by Gasteiger charge is -2.02. The van der Waals surface area contributed by atoms with E-state index >= 15 is 0 Å². The number of hydrogen-bond acceptors (Lipinski definition) is 2. The zero-order valence-electron chi connectivity index (χ0n) is 7.54. The predicted octanol–water partition coefficient (Wildman–Crippen LogP) is 4.02. The summed E-state index contributed by atoms with van der Waals surface area (Å²) in [6, 6.07) is 5.94. The molecule has 0 atom stereocenters. The minimum Gasteiger partial charge on any atom is -0.297 e. The van der Waals surface area contributed by atoms with Crippen LogP contribution in [0.15, 0.2) is 29.6 Å². The Bertz CT molecular complexity index is 507. The molecule has 0 aliphatic rings. The van der Waals surface area contributed by atoms with Gasteiger partial charge in [-0.1, -0.05) is 11.6 Å². The maximum absolute atomic E-state index is 12.8. The summed E-state index contributed by atoms with van der Waals surface area (Å²) in [5, 5.41) is 2.12. The molecule has 4 heteroatoms. The monoisotopic (exact) mass is 240 g/mol. The Hall–Kier alpha value is -1.19. The van der Waals surface area contributed by atoms with Crippen molar-refractivity contribution in [3.63, 3.8) is 0 Å². The van der Waals surface area contributed by atoms with Crippen molar-refractivity contribution in [1.82, 2.24) is 0 Å². The van der Waals surface area contributed by atoms with E-state index in [1.54, 1.807) is 17.5 Å². The van der Waals surface area contributed by atoms with E-state index in [9.17, 15) is 9.18 Å². The summed E-state index contributed by atoms with van der Waals surface area (Å²) in [4.78, 5) is 11.3. The van der Waals surface area contributed by atoms with Crippen LogP contribution in [0.4, 0.5) is 4.39 Å². The van der Waals surface area contributed by atoms with E-state index in [1.807, 2.05) is 0 Å². The molecule has 0 aliphatic heterocycles. The van der Waals surface area contributed by atoms with Crippen LogP contribution in [0.3, 0.4) is 0 Å². The first-order valence-electron chi connectivity index (χ1n) is 4.20. The molecule has 0 radical (unpaired) electrons. The fourth-order valence-corrected chi connectivity index (χ4v) is 2.32. The summed E-state index contributed by atoms with van der Waals surface area (Å²) >= 11 is 7.24. The third-order valence-electron chi connectivity index (χ3n) is 2.02. The Labute approximate surface area is 95.1 Å². The Balaban J connectivity index is 2.59. The molecule has 2 rings (SSSR count). The van der Waals surface area contributed by atoms with E-state index in [-0.39, 0.29) is 5.82 Å². The molecule has 0 saturated heterocycles. The van der Waals surface area contributed by atoms with Gasteiger partial charge in [0, 0.05) is 11.1 Å². The van der Waals surface area contributed by atoms with Crippen molar-refractivity contribution < 1.29 is 9.18 Å². The van der Waals surface area contributed by atoms with E-state index in [4.69, 9.17) is 11.6 Å². The molecule has 1 nitrogen and oxygen atoms in total. The van der Waals surface area contributed by atoms with Crippen molar-refractivity contribution in [2.75, 3.05) is 0 Å². The topological polar surface area (TPSA) is 17.1 Å². The molecule has 1 heterocycles. The van der Waals surface area contributed by atoms with Crippen LogP contribution in [0, 0.1) is 5.82 Å². The third kappa shape index (κ3) is 1.94. The molecule has 0 fully saturated rings. The second-order valence-electron chi connectivity index (χ2n) is 2.94. The van der Waals surface area contributed by atoms with Gasteiger partial charge in [-0.25, -0.2) is 4.39 Å². The number of hydrogen-bond donors (Lipinski definition) is 0. The molecule has 0 spiro atoms. The second-order valence-corrected chi connectivity index (χ2v) is 4.30. The van der Waals surface area contributed by atoms with Crippen LogP contribution in [0.2, 0.25) is 5.02 Å². The van der Waals surface area contributed by atoms with Crippen molar-refractivity contribution in [2.24, 2.45) is 0 Å². The number of carbonyl (C=O) groups excluding carboxylic acids is 1. The first-order chi connectivity index (χ1) is 7.22. The van der Waals surface area contributed by atoms with Crippen LogP contribution in [0.25, 0.3) is 11.1 Å². The van der Waals surface area contributed by atoms with Crippen molar-refractivity contribution in [3.8, 4) is 11.1 Å². The van der Waals surface area contributed by atoms with Crippen LogP contribution in [-0.2, 0) is 0 Å². The number of rotatable bonds is 2. The SMILES string of the molecule is O=Cc1sccc1-c1ccc(F)cc1Cl. The van der Waals surface area contributed by atoms with Gasteiger partial charge in [0.05, 0.1) is 9.90 Å². The molecule has 2 aromatic rings. The Morgan fingerprint density at radius 2 is 2.07 bits per heavy atom. The van der Waals surface area contributed by atoms with Gasteiger partial charge in [-0.3, -0.25) is 4.79 Å². The number of thiophene rings is 1. The molecule has 0 saturated carbocycles. The smallest absolute Gasteiger partial charge is 0.160 e. The zero-order chi connectivity index (χ0) is 10.8. The first kappa shape index (κ1) is 10.3. The molecule has 15 heavy (non-hydrogen) atoms. The normalized spacial score (nSPS) is 10.3. The van der Waals surface area contributed by atoms with Gasteiger partial charge < -0.3 is 0 Å². The summed E-state index contributed by atoms with van der Waals surface area (Å²) in [6.07, 6.45) is 0.777. The summed E-state index contributed by atoms with van der Waals surface area (Å²) < 4.78 is 12.8. The molecular formula is C11H6ClFOS. The van der Waals surface area contributed by atoms with Gasteiger partial charge in [0.15, 0.2) is 6.29 Å². The number of benzene rings is 1. The largest absolute Gasteiger partial charge is 0.297 e. The molecule has 1 aromatic carbocycles. The summed E-state index contributed by atoms with van der Waals surface area (Å²) in [7, 11) is 0. The Kier molecular flexibility index (Phi) is 2.84. The average molecular weight is 241 g/mol. The fourth-order valence-electron chi connectivity index (χ4n) is 1.34. The maximum Gasteiger partial charge on any atom is 0.160 e. The van der Waals surface area contributed by atoms with Gasteiger partial charge in [0.25, 0.3) is 0 Å². The van der Waals surface area contributed by atoms with Gasteiger partial charge in [-0.05, 0) is 29.6 Å². The second kappa shape index (κ2) is 4.13. The summed E-state index contributed by atoms with van der Waals surface area (Å²) in [5.74, 6) is -0.383.